The van der Waals surface area contributed by atoms with Crippen molar-refractivity contribution < 1.29 is 14.2 Å². The molecular formula is C15H23FN2O2. The van der Waals surface area contributed by atoms with Gasteiger partial charge in [0.2, 0.25) is 0 Å². The summed E-state index contributed by atoms with van der Waals surface area (Å²) in [5.41, 5.74) is 1.16. The number of aliphatic hydroxyl groups is 1. The molecular weight excluding hydrogens is 259 g/mol. The van der Waals surface area contributed by atoms with E-state index in [2.05, 4.69) is 9.80 Å². The summed E-state index contributed by atoms with van der Waals surface area (Å²) in [4.78, 5) is 4.76. The molecule has 0 aromatic heterocycles. The van der Waals surface area contributed by atoms with Crippen molar-refractivity contribution in [1.82, 2.24) is 9.80 Å². The number of aliphatic hydroxyl groups excluding tert-OH is 1. The van der Waals surface area contributed by atoms with Crippen LogP contribution in [0.3, 0.4) is 0 Å². The lowest BCUT2D eigenvalue weighted by Gasteiger charge is -2.34. The van der Waals surface area contributed by atoms with E-state index >= 15 is 0 Å². The highest BCUT2D eigenvalue weighted by atomic mass is 19.1. The van der Waals surface area contributed by atoms with Crippen molar-refractivity contribution in [3.8, 4) is 0 Å². The van der Waals surface area contributed by atoms with Crippen LogP contribution >= 0.6 is 0 Å². The van der Waals surface area contributed by atoms with Crippen LogP contribution < -0.4 is 0 Å². The van der Waals surface area contributed by atoms with Gasteiger partial charge in [0.15, 0.2) is 0 Å². The molecule has 1 aromatic carbocycles. The Morgan fingerprint density at radius 2 is 1.65 bits per heavy atom. The fraction of sp³-hybridized carbons (Fsp3) is 0.600. The zero-order valence-corrected chi connectivity index (χ0v) is 11.8. The molecule has 1 N–H and O–H groups in total. The predicted octanol–water partition coefficient (Wildman–Crippen LogP) is 0.952. The average molecular weight is 282 g/mol. The second-order valence-electron chi connectivity index (χ2n) is 5.08. The van der Waals surface area contributed by atoms with Gasteiger partial charge in [-0.1, -0.05) is 12.1 Å². The maximum Gasteiger partial charge on any atom is 0.123 e. The Hall–Kier alpha value is -1.01. The summed E-state index contributed by atoms with van der Waals surface area (Å²) in [6.45, 7) is 7.11. The lowest BCUT2D eigenvalue weighted by atomic mass is 10.2. The number of nitrogens with zero attached hydrogens (tertiary/aromatic N) is 2. The Morgan fingerprint density at radius 1 is 1.00 bits per heavy atom. The van der Waals surface area contributed by atoms with E-state index in [1.165, 1.54) is 12.1 Å². The Morgan fingerprint density at radius 3 is 2.30 bits per heavy atom. The lowest BCUT2D eigenvalue weighted by molar-refractivity contribution is 0.0564. The fourth-order valence-electron chi connectivity index (χ4n) is 2.38. The first-order valence-corrected chi connectivity index (χ1v) is 7.15. The largest absolute Gasteiger partial charge is 0.394 e. The molecule has 1 aliphatic heterocycles. The second-order valence-corrected chi connectivity index (χ2v) is 5.08. The van der Waals surface area contributed by atoms with E-state index in [1.54, 1.807) is 0 Å². The van der Waals surface area contributed by atoms with Gasteiger partial charge < -0.3 is 9.84 Å². The van der Waals surface area contributed by atoms with Gasteiger partial charge in [-0.25, -0.2) is 4.39 Å². The van der Waals surface area contributed by atoms with E-state index in [0.29, 0.717) is 13.2 Å². The van der Waals surface area contributed by atoms with Crippen molar-refractivity contribution in [3.63, 3.8) is 0 Å². The fourth-order valence-corrected chi connectivity index (χ4v) is 2.38. The molecule has 0 saturated carbocycles. The van der Waals surface area contributed by atoms with E-state index in [-0.39, 0.29) is 12.4 Å². The van der Waals surface area contributed by atoms with Gasteiger partial charge in [0.25, 0.3) is 0 Å². The topological polar surface area (TPSA) is 35.9 Å². The van der Waals surface area contributed by atoms with Crippen LogP contribution in [0.1, 0.15) is 5.56 Å². The number of hydrogen-bond donors (Lipinski definition) is 1. The third-order valence-corrected chi connectivity index (χ3v) is 3.57. The molecule has 2 rings (SSSR count). The van der Waals surface area contributed by atoms with Gasteiger partial charge in [-0.2, -0.15) is 0 Å². The summed E-state index contributed by atoms with van der Waals surface area (Å²) in [7, 11) is 0. The first-order valence-electron chi connectivity index (χ1n) is 7.15. The number of hydrogen-bond acceptors (Lipinski definition) is 4. The van der Waals surface area contributed by atoms with Crippen LogP contribution in [0.5, 0.6) is 0 Å². The van der Waals surface area contributed by atoms with Crippen LogP contribution in [-0.2, 0) is 11.3 Å². The zero-order valence-electron chi connectivity index (χ0n) is 11.8. The molecule has 1 saturated heterocycles. The molecule has 1 aliphatic rings. The molecule has 0 bridgehead atoms. The van der Waals surface area contributed by atoms with Crippen molar-refractivity contribution in [3.05, 3.63) is 35.6 Å². The van der Waals surface area contributed by atoms with E-state index in [4.69, 9.17) is 9.84 Å². The second kappa shape index (κ2) is 8.32. The number of rotatable bonds is 7. The third-order valence-electron chi connectivity index (χ3n) is 3.57. The molecule has 1 aromatic rings. The molecule has 0 radical (unpaired) electrons. The molecule has 0 unspecified atom stereocenters. The normalized spacial score (nSPS) is 17.5. The summed E-state index contributed by atoms with van der Waals surface area (Å²) < 4.78 is 18.1. The van der Waals surface area contributed by atoms with Gasteiger partial charge in [-0.15, -0.1) is 0 Å². The van der Waals surface area contributed by atoms with Crippen molar-refractivity contribution >= 4 is 0 Å². The molecule has 1 fully saturated rings. The Labute approximate surface area is 119 Å². The Kier molecular flexibility index (Phi) is 6.39. The minimum absolute atomic E-state index is 0.0887. The maximum atomic E-state index is 12.8. The van der Waals surface area contributed by atoms with Crippen molar-refractivity contribution in [2.45, 2.75) is 6.54 Å². The first-order chi connectivity index (χ1) is 9.78. The van der Waals surface area contributed by atoms with Crippen LogP contribution in [0.4, 0.5) is 4.39 Å². The maximum absolute atomic E-state index is 12.8. The highest BCUT2D eigenvalue weighted by molar-refractivity contribution is 5.15. The van der Waals surface area contributed by atoms with Gasteiger partial charge in [0, 0.05) is 39.3 Å². The molecule has 0 spiro atoms. The van der Waals surface area contributed by atoms with Crippen LogP contribution in [0.15, 0.2) is 24.3 Å². The van der Waals surface area contributed by atoms with Crippen molar-refractivity contribution in [2.75, 3.05) is 52.5 Å². The molecule has 0 amide bonds. The summed E-state index contributed by atoms with van der Waals surface area (Å²) in [6, 6.07) is 6.74. The quantitative estimate of drug-likeness (QED) is 0.756. The lowest BCUT2D eigenvalue weighted by Crippen LogP contribution is -2.46. The molecule has 112 valence electrons. The van der Waals surface area contributed by atoms with Gasteiger partial charge in [0.05, 0.1) is 19.8 Å². The Balaban J connectivity index is 1.65. The molecule has 1 heterocycles. The van der Waals surface area contributed by atoms with Crippen molar-refractivity contribution in [2.24, 2.45) is 0 Å². The van der Waals surface area contributed by atoms with Gasteiger partial charge >= 0.3 is 0 Å². The monoisotopic (exact) mass is 282 g/mol. The number of benzene rings is 1. The van der Waals surface area contributed by atoms with Crippen LogP contribution in [0.2, 0.25) is 0 Å². The molecule has 5 heteroatoms. The Bertz CT molecular complexity index is 378. The van der Waals surface area contributed by atoms with E-state index in [9.17, 15) is 4.39 Å². The number of piperazine rings is 1. The van der Waals surface area contributed by atoms with Gasteiger partial charge in [-0.3, -0.25) is 9.80 Å². The van der Waals surface area contributed by atoms with E-state index in [1.807, 2.05) is 12.1 Å². The molecule has 4 nitrogen and oxygen atoms in total. The molecule has 20 heavy (non-hydrogen) atoms. The SMILES string of the molecule is OCCOCCN1CCN(Cc2ccc(F)cc2)CC1. The van der Waals surface area contributed by atoms with Crippen LogP contribution in [-0.4, -0.2) is 67.5 Å². The summed E-state index contributed by atoms with van der Waals surface area (Å²) >= 11 is 0. The van der Waals surface area contributed by atoms with Gasteiger partial charge in [0.1, 0.15) is 5.82 Å². The minimum atomic E-state index is -0.179. The molecule has 0 atom stereocenters. The minimum Gasteiger partial charge on any atom is -0.394 e. The highest BCUT2D eigenvalue weighted by Crippen LogP contribution is 2.09. The predicted molar refractivity (Wildman–Crippen MR) is 76.0 cm³/mol. The molecule has 0 aliphatic carbocycles. The van der Waals surface area contributed by atoms with E-state index in [0.717, 1.165) is 44.8 Å². The van der Waals surface area contributed by atoms with Crippen LogP contribution in [0.25, 0.3) is 0 Å². The zero-order chi connectivity index (χ0) is 14.2. The number of ether oxygens (including phenoxy) is 1. The standard InChI is InChI=1S/C15H23FN2O2/c16-15-3-1-14(2-4-15)13-18-7-5-17(6-8-18)9-11-20-12-10-19/h1-4,19H,5-13H2. The number of halogens is 1. The van der Waals surface area contributed by atoms with Crippen LogP contribution in [0, 0.1) is 5.82 Å². The van der Waals surface area contributed by atoms with Gasteiger partial charge in [-0.05, 0) is 17.7 Å². The van der Waals surface area contributed by atoms with E-state index < -0.39 is 0 Å². The van der Waals surface area contributed by atoms with Crippen molar-refractivity contribution in [1.29, 1.82) is 0 Å². The summed E-state index contributed by atoms with van der Waals surface area (Å²) in [5.74, 6) is -0.179. The first kappa shape index (κ1) is 15.4. The smallest absolute Gasteiger partial charge is 0.123 e. The summed E-state index contributed by atoms with van der Waals surface area (Å²) in [5, 5.41) is 8.63. The summed E-state index contributed by atoms with van der Waals surface area (Å²) in [6.07, 6.45) is 0. The highest BCUT2D eigenvalue weighted by Gasteiger charge is 2.16. The third kappa shape index (κ3) is 5.17. The average Bonchev–Trinajstić information content (AvgIpc) is 2.48.